The lowest BCUT2D eigenvalue weighted by molar-refractivity contribution is -0.122. The zero-order valence-electron chi connectivity index (χ0n) is 13.1. The molecule has 5 nitrogen and oxygen atoms in total. The van der Waals surface area contributed by atoms with Gasteiger partial charge in [0, 0.05) is 31.7 Å². The first-order valence-corrected chi connectivity index (χ1v) is 7.69. The van der Waals surface area contributed by atoms with Gasteiger partial charge in [0.05, 0.1) is 25.2 Å². The van der Waals surface area contributed by atoms with E-state index in [0.717, 1.165) is 25.2 Å². The molecule has 1 aliphatic rings. The topological polar surface area (TPSA) is 61.8 Å². The van der Waals surface area contributed by atoms with E-state index in [1.807, 2.05) is 4.90 Å². The second kappa shape index (κ2) is 8.33. The van der Waals surface area contributed by atoms with Crippen LogP contribution < -0.4 is 5.32 Å². The first-order valence-electron chi connectivity index (χ1n) is 7.69. The van der Waals surface area contributed by atoms with Gasteiger partial charge < -0.3 is 15.2 Å². The number of ether oxygens (including phenoxy) is 1. The average Bonchev–Trinajstić information content (AvgIpc) is 2.53. The summed E-state index contributed by atoms with van der Waals surface area (Å²) in [5.41, 5.74) is -0.257. The van der Waals surface area contributed by atoms with E-state index in [1.165, 1.54) is 13.0 Å². The van der Waals surface area contributed by atoms with E-state index in [1.54, 1.807) is 0 Å². The van der Waals surface area contributed by atoms with Gasteiger partial charge in [-0.05, 0) is 19.1 Å². The maximum atomic E-state index is 13.7. The van der Waals surface area contributed by atoms with Crippen molar-refractivity contribution in [2.45, 2.75) is 18.9 Å². The summed E-state index contributed by atoms with van der Waals surface area (Å²) < 4.78 is 32.6. The van der Waals surface area contributed by atoms with Crippen molar-refractivity contribution in [3.63, 3.8) is 0 Å². The van der Waals surface area contributed by atoms with Crippen LogP contribution in [0.2, 0.25) is 0 Å². The van der Waals surface area contributed by atoms with E-state index < -0.39 is 29.6 Å². The smallest absolute Gasteiger partial charge is 0.227 e. The lowest BCUT2D eigenvalue weighted by Gasteiger charge is -2.28. The van der Waals surface area contributed by atoms with Gasteiger partial charge in [0.1, 0.15) is 11.6 Å². The number of nitrogens with one attached hydrogen (secondary N) is 1. The largest absolute Gasteiger partial charge is 0.390 e. The van der Waals surface area contributed by atoms with Crippen molar-refractivity contribution in [2.75, 3.05) is 39.4 Å². The zero-order valence-corrected chi connectivity index (χ0v) is 13.1. The van der Waals surface area contributed by atoms with E-state index >= 15 is 0 Å². The first-order chi connectivity index (χ1) is 11.0. The molecule has 128 valence electrons. The Kier molecular flexibility index (Phi) is 6.44. The quantitative estimate of drug-likeness (QED) is 0.814. The van der Waals surface area contributed by atoms with Gasteiger partial charge in [0.2, 0.25) is 5.91 Å². The highest BCUT2D eigenvalue weighted by Gasteiger charge is 2.23. The molecule has 1 aromatic rings. The number of benzene rings is 1. The van der Waals surface area contributed by atoms with E-state index in [-0.39, 0.29) is 12.1 Å². The minimum absolute atomic E-state index is 0.0383. The van der Waals surface area contributed by atoms with Gasteiger partial charge in [-0.15, -0.1) is 0 Å². The molecule has 0 radical (unpaired) electrons. The number of rotatable bonds is 6. The summed E-state index contributed by atoms with van der Waals surface area (Å²) in [4.78, 5) is 14.1. The van der Waals surface area contributed by atoms with Gasteiger partial charge >= 0.3 is 0 Å². The number of aliphatic hydroxyl groups excluding tert-OH is 1. The molecule has 0 aromatic heterocycles. The molecular formula is C16H22F2N2O3. The fourth-order valence-electron chi connectivity index (χ4n) is 2.57. The third kappa shape index (κ3) is 4.95. The van der Waals surface area contributed by atoms with Crippen LogP contribution in [0, 0.1) is 11.6 Å². The summed E-state index contributed by atoms with van der Waals surface area (Å²) in [6, 6.07) is 3.50. The predicted molar refractivity (Wildman–Crippen MR) is 81.0 cm³/mol. The molecule has 1 saturated heterocycles. The SMILES string of the molecule is CC(C(=O)NCC(O)CN1CCOCC1)c1c(F)cccc1F. The number of morpholine rings is 1. The number of β-amino-alcohol motifs (C(OH)–C–C–N with tert-alkyl or cyclic N) is 1. The Morgan fingerprint density at radius 2 is 1.96 bits per heavy atom. The number of nitrogens with zero attached hydrogens (tertiary/aromatic N) is 1. The van der Waals surface area contributed by atoms with Crippen LogP contribution in [0.15, 0.2) is 18.2 Å². The normalized spacial score (nSPS) is 18.4. The molecule has 0 aliphatic carbocycles. The van der Waals surface area contributed by atoms with Gasteiger partial charge in [-0.25, -0.2) is 8.78 Å². The summed E-state index contributed by atoms with van der Waals surface area (Å²) in [5.74, 6) is -2.98. The lowest BCUT2D eigenvalue weighted by atomic mass is 9.99. The van der Waals surface area contributed by atoms with Crippen molar-refractivity contribution in [2.24, 2.45) is 0 Å². The molecule has 7 heteroatoms. The second-order valence-corrected chi connectivity index (χ2v) is 5.67. The molecule has 1 aromatic carbocycles. The highest BCUT2D eigenvalue weighted by atomic mass is 19.1. The summed E-state index contributed by atoms with van der Waals surface area (Å²) in [7, 11) is 0. The maximum Gasteiger partial charge on any atom is 0.227 e. The molecule has 2 unspecified atom stereocenters. The molecule has 23 heavy (non-hydrogen) atoms. The highest BCUT2D eigenvalue weighted by Crippen LogP contribution is 2.22. The zero-order chi connectivity index (χ0) is 16.8. The first kappa shape index (κ1) is 17.8. The summed E-state index contributed by atoms with van der Waals surface area (Å²) in [6.45, 7) is 4.63. The number of hydrogen-bond donors (Lipinski definition) is 2. The summed E-state index contributed by atoms with van der Waals surface area (Å²) >= 11 is 0. The number of hydrogen-bond acceptors (Lipinski definition) is 4. The van der Waals surface area contributed by atoms with Crippen LogP contribution in [0.4, 0.5) is 8.78 Å². The molecule has 1 aliphatic heterocycles. The van der Waals surface area contributed by atoms with Crippen LogP contribution in [-0.4, -0.2) is 61.4 Å². The van der Waals surface area contributed by atoms with Gasteiger partial charge in [-0.2, -0.15) is 0 Å². The predicted octanol–water partition coefficient (Wildman–Crippen LogP) is 0.878. The van der Waals surface area contributed by atoms with Gasteiger partial charge in [0.15, 0.2) is 0 Å². The summed E-state index contributed by atoms with van der Waals surface area (Å²) in [5, 5.41) is 12.5. The number of amides is 1. The van der Waals surface area contributed by atoms with Crippen LogP contribution in [-0.2, 0) is 9.53 Å². The maximum absolute atomic E-state index is 13.7. The Labute approximate surface area is 134 Å². The molecule has 2 N–H and O–H groups in total. The number of carbonyl (C=O) groups excluding carboxylic acids is 1. The standard InChI is InChI=1S/C16H22F2N2O3/c1-11(15-13(17)3-2-4-14(15)18)16(22)19-9-12(21)10-20-5-7-23-8-6-20/h2-4,11-12,21H,5-10H2,1H3,(H,19,22). The third-order valence-corrected chi connectivity index (χ3v) is 3.91. The van der Waals surface area contributed by atoms with Gasteiger partial charge in [-0.1, -0.05) is 6.07 Å². The van der Waals surface area contributed by atoms with Gasteiger partial charge in [-0.3, -0.25) is 9.69 Å². The van der Waals surface area contributed by atoms with Gasteiger partial charge in [0.25, 0.3) is 0 Å². The monoisotopic (exact) mass is 328 g/mol. The fraction of sp³-hybridized carbons (Fsp3) is 0.562. The van der Waals surface area contributed by atoms with Crippen LogP contribution in [0.3, 0.4) is 0 Å². The van der Waals surface area contributed by atoms with E-state index in [4.69, 9.17) is 4.74 Å². The molecular weight excluding hydrogens is 306 g/mol. The van der Waals surface area contributed by atoms with Crippen molar-refractivity contribution < 1.29 is 23.4 Å². The Morgan fingerprint density at radius 1 is 1.35 bits per heavy atom. The van der Waals surface area contributed by atoms with Crippen LogP contribution in [0.1, 0.15) is 18.4 Å². The van der Waals surface area contributed by atoms with Crippen molar-refractivity contribution >= 4 is 5.91 Å². The molecule has 2 atom stereocenters. The Morgan fingerprint density at radius 3 is 2.57 bits per heavy atom. The Balaban J connectivity index is 1.83. The average molecular weight is 328 g/mol. The van der Waals surface area contributed by atoms with Crippen molar-refractivity contribution in [1.82, 2.24) is 10.2 Å². The number of carbonyl (C=O) groups is 1. The van der Waals surface area contributed by atoms with E-state index in [2.05, 4.69) is 5.32 Å². The van der Waals surface area contributed by atoms with E-state index in [0.29, 0.717) is 19.8 Å². The minimum Gasteiger partial charge on any atom is -0.390 e. The van der Waals surface area contributed by atoms with Crippen molar-refractivity contribution in [3.05, 3.63) is 35.4 Å². The molecule has 1 amide bonds. The van der Waals surface area contributed by atoms with Crippen LogP contribution >= 0.6 is 0 Å². The fourth-order valence-corrected chi connectivity index (χ4v) is 2.57. The summed E-state index contributed by atoms with van der Waals surface area (Å²) in [6.07, 6.45) is -0.741. The number of aliphatic hydroxyl groups is 1. The molecule has 0 bridgehead atoms. The minimum atomic E-state index is -0.966. The van der Waals surface area contributed by atoms with Crippen LogP contribution in [0.5, 0.6) is 0 Å². The number of halogens is 2. The van der Waals surface area contributed by atoms with Crippen LogP contribution in [0.25, 0.3) is 0 Å². The Bertz CT molecular complexity index is 516. The van der Waals surface area contributed by atoms with Crippen molar-refractivity contribution in [3.8, 4) is 0 Å². The molecule has 0 spiro atoms. The highest BCUT2D eigenvalue weighted by molar-refractivity contribution is 5.83. The van der Waals surface area contributed by atoms with Crippen molar-refractivity contribution in [1.29, 1.82) is 0 Å². The van der Waals surface area contributed by atoms with E-state index in [9.17, 15) is 18.7 Å². The Hall–Kier alpha value is -1.57. The second-order valence-electron chi connectivity index (χ2n) is 5.67. The molecule has 0 saturated carbocycles. The molecule has 1 fully saturated rings. The third-order valence-electron chi connectivity index (χ3n) is 3.91. The lowest BCUT2D eigenvalue weighted by Crippen LogP contribution is -2.45. The molecule has 1 heterocycles. The molecule has 2 rings (SSSR count).